The highest BCUT2D eigenvalue weighted by Gasteiger charge is 2.06. The van der Waals surface area contributed by atoms with Gasteiger partial charge in [0.25, 0.3) is 0 Å². The minimum Gasteiger partial charge on any atom is -0.334 e. The molecule has 0 atom stereocenters. The highest BCUT2D eigenvalue weighted by molar-refractivity contribution is 5.92. The van der Waals surface area contributed by atoms with Crippen molar-refractivity contribution in [2.75, 3.05) is 17.2 Å². The van der Waals surface area contributed by atoms with Gasteiger partial charge in [0.1, 0.15) is 0 Å². The summed E-state index contributed by atoms with van der Waals surface area (Å²) in [5.41, 5.74) is 4.98. The summed E-state index contributed by atoms with van der Waals surface area (Å²) in [6, 6.07) is 13.0. The smallest absolute Gasteiger partial charge is 0.319 e. The van der Waals surface area contributed by atoms with E-state index in [4.69, 9.17) is 0 Å². The number of rotatable bonds is 7. The summed E-state index contributed by atoms with van der Waals surface area (Å²) in [7, 11) is 0. The molecule has 0 fully saturated rings. The minimum absolute atomic E-state index is 0.0330. The summed E-state index contributed by atoms with van der Waals surface area (Å²) >= 11 is 0. The molecular formula is C21H25N3O2. The molecule has 0 aliphatic carbocycles. The van der Waals surface area contributed by atoms with Crippen molar-refractivity contribution in [3.63, 3.8) is 0 Å². The normalized spacial score (nSPS) is 10.1. The Balaban J connectivity index is 1.83. The van der Waals surface area contributed by atoms with Gasteiger partial charge in [-0.3, -0.25) is 4.79 Å². The van der Waals surface area contributed by atoms with Crippen LogP contribution in [0.1, 0.15) is 23.1 Å². The molecule has 0 saturated carbocycles. The number of anilines is 2. The van der Waals surface area contributed by atoms with E-state index in [9.17, 15) is 9.59 Å². The van der Waals surface area contributed by atoms with Gasteiger partial charge in [-0.2, -0.15) is 0 Å². The number of amides is 3. The van der Waals surface area contributed by atoms with Crippen LogP contribution >= 0.6 is 0 Å². The van der Waals surface area contributed by atoms with Gasteiger partial charge in [-0.25, -0.2) is 4.79 Å². The van der Waals surface area contributed by atoms with Gasteiger partial charge in [-0.05, 0) is 55.7 Å². The monoisotopic (exact) mass is 351 g/mol. The van der Waals surface area contributed by atoms with Crippen LogP contribution in [0.25, 0.3) is 0 Å². The fraction of sp³-hybridized carbons (Fsp3) is 0.238. The van der Waals surface area contributed by atoms with Crippen molar-refractivity contribution < 1.29 is 9.59 Å². The fourth-order valence-electron chi connectivity index (χ4n) is 2.58. The molecule has 3 amide bonds. The van der Waals surface area contributed by atoms with Crippen molar-refractivity contribution in [1.82, 2.24) is 5.32 Å². The lowest BCUT2D eigenvalue weighted by Gasteiger charge is -2.09. The van der Waals surface area contributed by atoms with Crippen LogP contribution in [0.2, 0.25) is 0 Å². The van der Waals surface area contributed by atoms with Gasteiger partial charge >= 0.3 is 6.03 Å². The van der Waals surface area contributed by atoms with E-state index in [1.54, 1.807) is 30.3 Å². The van der Waals surface area contributed by atoms with Crippen LogP contribution in [0.15, 0.2) is 55.1 Å². The van der Waals surface area contributed by atoms with E-state index >= 15 is 0 Å². The summed E-state index contributed by atoms with van der Waals surface area (Å²) in [6.45, 7) is 8.07. The van der Waals surface area contributed by atoms with E-state index in [1.807, 2.05) is 0 Å². The number of carbonyl (C=O) groups is 2. The third-order valence-corrected chi connectivity index (χ3v) is 3.95. The Morgan fingerprint density at radius 1 is 1.00 bits per heavy atom. The Labute approximate surface area is 154 Å². The average Bonchev–Trinajstić information content (AvgIpc) is 2.61. The van der Waals surface area contributed by atoms with Crippen LogP contribution in [-0.4, -0.2) is 18.5 Å². The molecule has 0 heterocycles. The maximum Gasteiger partial charge on any atom is 0.319 e. The molecular weight excluding hydrogens is 326 g/mol. The molecule has 2 rings (SSSR count). The fourth-order valence-corrected chi connectivity index (χ4v) is 2.58. The second-order valence-corrected chi connectivity index (χ2v) is 6.18. The van der Waals surface area contributed by atoms with Gasteiger partial charge in [0.05, 0.1) is 0 Å². The van der Waals surface area contributed by atoms with Crippen LogP contribution in [0.4, 0.5) is 16.2 Å². The number of hydrogen-bond donors (Lipinski definition) is 3. The molecule has 3 N–H and O–H groups in total. The van der Waals surface area contributed by atoms with E-state index in [0.29, 0.717) is 30.8 Å². The van der Waals surface area contributed by atoms with Crippen molar-refractivity contribution in [3.8, 4) is 0 Å². The molecule has 0 saturated heterocycles. The number of hydrogen-bond acceptors (Lipinski definition) is 2. The third kappa shape index (κ3) is 6.09. The van der Waals surface area contributed by atoms with E-state index in [-0.39, 0.29) is 11.9 Å². The summed E-state index contributed by atoms with van der Waals surface area (Å²) in [5, 5.41) is 8.21. The number of carbonyl (C=O) groups excluding carboxylic acids is 2. The van der Waals surface area contributed by atoms with E-state index < -0.39 is 0 Å². The topological polar surface area (TPSA) is 70.2 Å². The van der Waals surface area contributed by atoms with Crippen LogP contribution < -0.4 is 16.0 Å². The van der Waals surface area contributed by atoms with Crippen LogP contribution in [0.3, 0.4) is 0 Å². The molecule has 0 aliphatic heterocycles. The summed E-state index contributed by atoms with van der Waals surface area (Å²) < 4.78 is 0. The van der Waals surface area contributed by atoms with E-state index in [2.05, 4.69) is 54.6 Å². The second kappa shape index (κ2) is 9.42. The molecule has 2 aromatic carbocycles. The van der Waals surface area contributed by atoms with Gasteiger partial charge in [0.2, 0.25) is 5.91 Å². The number of benzene rings is 2. The maximum absolute atomic E-state index is 12.1. The summed E-state index contributed by atoms with van der Waals surface area (Å²) in [6.07, 6.45) is 2.74. The van der Waals surface area contributed by atoms with E-state index in [0.717, 1.165) is 0 Å². The standard InChI is InChI=1S/C21H25N3O2/c1-4-13-22-21(26)24-19-10-8-18(9-11-19)23-20(25)12-7-17-6-5-15(2)14-16(17)3/h4-6,8-11,14H,1,7,12-13H2,2-3H3,(H,23,25)(H2,22,24,26). The van der Waals surface area contributed by atoms with E-state index in [1.165, 1.54) is 16.7 Å². The lowest BCUT2D eigenvalue weighted by molar-refractivity contribution is -0.116. The largest absolute Gasteiger partial charge is 0.334 e. The first kappa shape index (κ1) is 19.2. The zero-order valence-electron chi connectivity index (χ0n) is 15.3. The lowest BCUT2D eigenvalue weighted by Crippen LogP contribution is -2.28. The van der Waals surface area contributed by atoms with Crippen LogP contribution in [0.5, 0.6) is 0 Å². The Morgan fingerprint density at radius 3 is 2.27 bits per heavy atom. The summed E-state index contributed by atoms with van der Waals surface area (Å²) in [5.74, 6) is -0.0330. The molecule has 2 aromatic rings. The Kier molecular flexibility index (Phi) is 6.97. The Hall–Kier alpha value is -3.08. The highest BCUT2D eigenvalue weighted by Crippen LogP contribution is 2.15. The molecule has 5 nitrogen and oxygen atoms in total. The van der Waals surface area contributed by atoms with Crippen LogP contribution in [0, 0.1) is 13.8 Å². The predicted octanol–water partition coefficient (Wildman–Crippen LogP) is 4.18. The van der Waals surface area contributed by atoms with Crippen molar-refractivity contribution in [2.45, 2.75) is 26.7 Å². The first-order chi connectivity index (χ1) is 12.5. The molecule has 136 valence electrons. The lowest BCUT2D eigenvalue weighted by atomic mass is 10.0. The molecule has 26 heavy (non-hydrogen) atoms. The molecule has 0 unspecified atom stereocenters. The average molecular weight is 351 g/mol. The molecule has 0 radical (unpaired) electrons. The number of urea groups is 1. The van der Waals surface area contributed by atoms with Crippen molar-refractivity contribution in [3.05, 3.63) is 71.8 Å². The number of nitrogens with one attached hydrogen (secondary N) is 3. The first-order valence-corrected chi connectivity index (χ1v) is 8.59. The first-order valence-electron chi connectivity index (χ1n) is 8.59. The number of aryl methyl sites for hydroxylation is 3. The maximum atomic E-state index is 12.1. The summed E-state index contributed by atoms with van der Waals surface area (Å²) in [4.78, 5) is 23.7. The highest BCUT2D eigenvalue weighted by atomic mass is 16.2. The SMILES string of the molecule is C=CCNC(=O)Nc1ccc(NC(=O)CCc2ccc(C)cc2C)cc1. The van der Waals surface area contributed by atoms with Gasteiger partial charge in [0, 0.05) is 24.3 Å². The van der Waals surface area contributed by atoms with Gasteiger partial charge < -0.3 is 16.0 Å². The van der Waals surface area contributed by atoms with Crippen molar-refractivity contribution in [2.24, 2.45) is 0 Å². The van der Waals surface area contributed by atoms with Crippen molar-refractivity contribution in [1.29, 1.82) is 0 Å². The molecule has 0 bridgehead atoms. The zero-order chi connectivity index (χ0) is 18.9. The molecule has 5 heteroatoms. The van der Waals surface area contributed by atoms with Gasteiger partial charge in [-0.15, -0.1) is 6.58 Å². The molecule has 0 spiro atoms. The minimum atomic E-state index is -0.296. The third-order valence-electron chi connectivity index (χ3n) is 3.95. The van der Waals surface area contributed by atoms with Gasteiger partial charge in [0.15, 0.2) is 0 Å². The Bertz CT molecular complexity index is 782. The quantitative estimate of drug-likeness (QED) is 0.655. The van der Waals surface area contributed by atoms with Crippen molar-refractivity contribution >= 4 is 23.3 Å². The van der Waals surface area contributed by atoms with Gasteiger partial charge in [-0.1, -0.05) is 29.8 Å². The van der Waals surface area contributed by atoms with Crippen LogP contribution in [-0.2, 0) is 11.2 Å². The predicted molar refractivity (Wildman–Crippen MR) is 107 cm³/mol. The Morgan fingerprint density at radius 2 is 1.65 bits per heavy atom. The molecule has 0 aromatic heterocycles. The molecule has 0 aliphatic rings. The second-order valence-electron chi connectivity index (χ2n) is 6.18. The zero-order valence-corrected chi connectivity index (χ0v) is 15.3.